The van der Waals surface area contributed by atoms with Crippen LogP contribution in [0.1, 0.15) is 32.1 Å². The molecule has 0 saturated carbocycles. The Balaban J connectivity index is 1.93. The van der Waals surface area contributed by atoms with Gasteiger partial charge < -0.3 is 10.2 Å². The van der Waals surface area contributed by atoms with Crippen LogP contribution in [0.4, 0.5) is 0 Å². The van der Waals surface area contributed by atoms with E-state index in [4.69, 9.17) is 5.26 Å². The third-order valence-electron chi connectivity index (χ3n) is 3.09. The van der Waals surface area contributed by atoms with E-state index in [2.05, 4.69) is 23.3 Å². The van der Waals surface area contributed by atoms with Gasteiger partial charge >= 0.3 is 0 Å². The molecule has 0 spiro atoms. The summed E-state index contributed by atoms with van der Waals surface area (Å²) in [6.45, 7) is 4.64. The minimum absolute atomic E-state index is 0.680. The Bertz CT molecular complexity index is 198. The summed E-state index contributed by atoms with van der Waals surface area (Å²) < 4.78 is 0. The zero-order valence-corrected chi connectivity index (χ0v) is 9.84. The summed E-state index contributed by atoms with van der Waals surface area (Å²) in [7, 11) is 2.21. The third-order valence-corrected chi connectivity index (χ3v) is 3.09. The summed E-state index contributed by atoms with van der Waals surface area (Å²) in [5.74, 6) is 0.882. The van der Waals surface area contributed by atoms with Gasteiger partial charge in [0.05, 0.1) is 6.07 Å². The first-order valence-corrected chi connectivity index (χ1v) is 6.09. The molecule has 1 aliphatic heterocycles. The highest BCUT2D eigenvalue weighted by atomic mass is 15.1. The molecule has 0 bridgehead atoms. The van der Waals surface area contributed by atoms with Crippen molar-refractivity contribution in [3.63, 3.8) is 0 Å². The molecule has 3 heteroatoms. The molecule has 1 unspecified atom stereocenters. The summed E-state index contributed by atoms with van der Waals surface area (Å²) in [5, 5.41) is 11.8. The maximum absolute atomic E-state index is 8.37. The van der Waals surface area contributed by atoms with Crippen molar-refractivity contribution >= 4 is 0 Å². The minimum Gasteiger partial charge on any atom is -0.317 e. The molecule has 0 radical (unpaired) electrons. The molecular formula is C12H23N3. The molecule has 1 fully saturated rings. The topological polar surface area (TPSA) is 39.1 Å². The Morgan fingerprint density at radius 1 is 1.47 bits per heavy atom. The van der Waals surface area contributed by atoms with E-state index >= 15 is 0 Å². The van der Waals surface area contributed by atoms with Gasteiger partial charge in [0.25, 0.3) is 0 Å². The van der Waals surface area contributed by atoms with Gasteiger partial charge in [-0.05, 0) is 58.3 Å². The number of unbranched alkanes of at least 4 members (excludes halogenated alkanes) is 1. The Morgan fingerprint density at radius 2 is 2.33 bits per heavy atom. The number of hydrogen-bond acceptors (Lipinski definition) is 3. The van der Waals surface area contributed by atoms with E-state index in [1.165, 1.54) is 32.4 Å². The van der Waals surface area contributed by atoms with Gasteiger partial charge in [0, 0.05) is 13.0 Å². The molecule has 0 amide bonds. The lowest BCUT2D eigenvalue weighted by Gasteiger charge is -2.29. The van der Waals surface area contributed by atoms with Crippen molar-refractivity contribution in [1.29, 1.82) is 5.26 Å². The Kier molecular flexibility index (Phi) is 6.38. The van der Waals surface area contributed by atoms with Gasteiger partial charge in [-0.1, -0.05) is 0 Å². The molecule has 1 saturated heterocycles. The van der Waals surface area contributed by atoms with Crippen molar-refractivity contribution in [2.45, 2.75) is 32.1 Å². The second-order valence-electron chi connectivity index (χ2n) is 4.57. The molecule has 86 valence electrons. The summed E-state index contributed by atoms with van der Waals surface area (Å²) in [5.41, 5.74) is 0. The SMILES string of the molecule is CN1CCCC(CCNCCCC#N)C1. The fraction of sp³-hybridized carbons (Fsp3) is 0.917. The monoisotopic (exact) mass is 209 g/mol. The fourth-order valence-corrected chi connectivity index (χ4v) is 2.23. The van der Waals surface area contributed by atoms with Crippen LogP contribution in [0.3, 0.4) is 0 Å². The number of hydrogen-bond donors (Lipinski definition) is 1. The first kappa shape index (κ1) is 12.5. The lowest BCUT2D eigenvalue weighted by atomic mass is 9.95. The van der Waals surface area contributed by atoms with Crippen molar-refractivity contribution in [2.75, 3.05) is 33.2 Å². The Hall–Kier alpha value is -0.590. The zero-order chi connectivity index (χ0) is 10.9. The van der Waals surface area contributed by atoms with Crippen molar-refractivity contribution in [3.8, 4) is 6.07 Å². The fourth-order valence-electron chi connectivity index (χ4n) is 2.23. The number of nitrogens with one attached hydrogen (secondary N) is 1. The average molecular weight is 209 g/mol. The van der Waals surface area contributed by atoms with Crippen LogP contribution in [0.15, 0.2) is 0 Å². The number of likely N-dealkylation sites (tertiary alicyclic amines) is 1. The van der Waals surface area contributed by atoms with Crippen molar-refractivity contribution in [1.82, 2.24) is 10.2 Å². The summed E-state index contributed by atoms with van der Waals surface area (Å²) in [4.78, 5) is 2.43. The van der Waals surface area contributed by atoms with Crippen LogP contribution in [-0.2, 0) is 0 Å². The van der Waals surface area contributed by atoms with Gasteiger partial charge in [0.1, 0.15) is 0 Å². The van der Waals surface area contributed by atoms with E-state index in [1.54, 1.807) is 0 Å². The molecule has 0 aromatic heterocycles. The second-order valence-corrected chi connectivity index (χ2v) is 4.57. The van der Waals surface area contributed by atoms with E-state index in [9.17, 15) is 0 Å². The quantitative estimate of drug-likeness (QED) is 0.676. The van der Waals surface area contributed by atoms with E-state index in [-0.39, 0.29) is 0 Å². The smallest absolute Gasteiger partial charge is 0.0622 e. The summed E-state index contributed by atoms with van der Waals surface area (Å²) >= 11 is 0. The first-order valence-electron chi connectivity index (χ1n) is 6.09. The zero-order valence-electron chi connectivity index (χ0n) is 9.84. The van der Waals surface area contributed by atoms with Crippen LogP contribution < -0.4 is 5.32 Å². The normalized spacial score (nSPS) is 22.5. The van der Waals surface area contributed by atoms with Gasteiger partial charge in [0.15, 0.2) is 0 Å². The minimum atomic E-state index is 0.680. The molecule has 0 aromatic carbocycles. The first-order chi connectivity index (χ1) is 7.33. The molecule has 0 aromatic rings. The maximum atomic E-state index is 8.37. The van der Waals surface area contributed by atoms with Crippen LogP contribution in [0, 0.1) is 17.2 Å². The molecule has 0 aliphatic carbocycles. The predicted molar refractivity (Wildman–Crippen MR) is 62.6 cm³/mol. The molecule has 3 nitrogen and oxygen atoms in total. The van der Waals surface area contributed by atoms with E-state index in [0.29, 0.717) is 6.42 Å². The molecular weight excluding hydrogens is 186 g/mol. The summed E-state index contributed by atoms with van der Waals surface area (Å²) in [6.07, 6.45) is 5.71. The molecule has 1 atom stereocenters. The highest BCUT2D eigenvalue weighted by molar-refractivity contribution is 4.72. The standard InChI is InChI=1S/C12H23N3/c1-15-10-4-5-12(11-15)6-9-14-8-3-2-7-13/h12,14H,2-6,8-11H2,1H3. The lowest BCUT2D eigenvalue weighted by molar-refractivity contribution is 0.201. The van der Waals surface area contributed by atoms with Crippen LogP contribution in [0.5, 0.6) is 0 Å². The van der Waals surface area contributed by atoms with Gasteiger partial charge in [-0.25, -0.2) is 0 Å². The van der Waals surface area contributed by atoms with Gasteiger partial charge in [-0.2, -0.15) is 5.26 Å². The number of nitriles is 1. The van der Waals surface area contributed by atoms with Crippen LogP contribution in [-0.4, -0.2) is 38.1 Å². The number of nitrogens with zero attached hydrogens (tertiary/aromatic N) is 2. The summed E-state index contributed by atoms with van der Waals surface area (Å²) in [6, 6.07) is 2.17. The average Bonchev–Trinajstić information content (AvgIpc) is 2.23. The van der Waals surface area contributed by atoms with Crippen molar-refractivity contribution in [2.24, 2.45) is 5.92 Å². The second kappa shape index (κ2) is 7.67. The maximum Gasteiger partial charge on any atom is 0.0622 e. The Morgan fingerprint density at radius 3 is 3.07 bits per heavy atom. The van der Waals surface area contributed by atoms with Crippen LogP contribution >= 0.6 is 0 Å². The molecule has 1 rings (SSSR count). The largest absolute Gasteiger partial charge is 0.317 e. The third kappa shape index (κ3) is 5.76. The van der Waals surface area contributed by atoms with E-state index in [1.807, 2.05) is 0 Å². The number of piperidine rings is 1. The molecule has 1 aliphatic rings. The van der Waals surface area contributed by atoms with Crippen molar-refractivity contribution in [3.05, 3.63) is 0 Å². The van der Waals surface area contributed by atoms with E-state index in [0.717, 1.165) is 25.4 Å². The van der Waals surface area contributed by atoms with Gasteiger partial charge in [0.2, 0.25) is 0 Å². The Labute approximate surface area is 93.5 Å². The highest BCUT2D eigenvalue weighted by Crippen LogP contribution is 2.17. The lowest BCUT2D eigenvalue weighted by Crippen LogP contribution is -2.33. The number of rotatable bonds is 6. The highest BCUT2D eigenvalue weighted by Gasteiger charge is 2.15. The van der Waals surface area contributed by atoms with Gasteiger partial charge in [-0.15, -0.1) is 0 Å². The van der Waals surface area contributed by atoms with E-state index < -0.39 is 0 Å². The van der Waals surface area contributed by atoms with Crippen LogP contribution in [0.25, 0.3) is 0 Å². The van der Waals surface area contributed by atoms with Crippen LogP contribution in [0.2, 0.25) is 0 Å². The molecule has 15 heavy (non-hydrogen) atoms. The van der Waals surface area contributed by atoms with Gasteiger partial charge in [-0.3, -0.25) is 0 Å². The predicted octanol–water partition coefficient (Wildman–Crippen LogP) is 1.61. The van der Waals surface area contributed by atoms with Crippen molar-refractivity contribution < 1.29 is 0 Å². The molecule has 1 heterocycles. The molecule has 1 N–H and O–H groups in total.